The van der Waals surface area contributed by atoms with E-state index in [1.807, 2.05) is 35.2 Å². The van der Waals surface area contributed by atoms with Crippen molar-refractivity contribution in [1.82, 2.24) is 9.88 Å². The smallest absolute Gasteiger partial charge is 0.260 e. The van der Waals surface area contributed by atoms with Gasteiger partial charge < -0.3 is 9.64 Å². The molecule has 1 aliphatic rings. The molecule has 1 unspecified atom stereocenters. The lowest BCUT2D eigenvalue weighted by molar-refractivity contribution is -0.134. The van der Waals surface area contributed by atoms with Gasteiger partial charge in [-0.2, -0.15) is 0 Å². The lowest BCUT2D eigenvalue weighted by Gasteiger charge is -2.31. The predicted octanol–water partition coefficient (Wildman–Crippen LogP) is 5.20. The van der Waals surface area contributed by atoms with E-state index in [2.05, 4.69) is 32.0 Å². The minimum atomic E-state index is 0.0596. The van der Waals surface area contributed by atoms with E-state index in [1.54, 1.807) is 11.3 Å². The molecule has 1 saturated heterocycles. The van der Waals surface area contributed by atoms with Crippen molar-refractivity contribution in [3.63, 3.8) is 0 Å². The van der Waals surface area contributed by atoms with Crippen LogP contribution in [0.25, 0.3) is 10.2 Å². The number of likely N-dealkylation sites (tertiary alicyclic amines) is 1. The molecule has 28 heavy (non-hydrogen) atoms. The average molecular weight is 395 g/mol. The highest BCUT2D eigenvalue weighted by Crippen LogP contribution is 2.33. The van der Waals surface area contributed by atoms with Gasteiger partial charge in [0.1, 0.15) is 5.75 Å². The molecule has 0 bridgehead atoms. The van der Waals surface area contributed by atoms with Crippen molar-refractivity contribution >= 4 is 27.5 Å². The summed E-state index contributed by atoms with van der Waals surface area (Å²) in [7, 11) is 0. The van der Waals surface area contributed by atoms with Crippen LogP contribution in [0.15, 0.2) is 48.5 Å². The van der Waals surface area contributed by atoms with Gasteiger partial charge in [0.05, 0.1) is 15.2 Å². The molecule has 1 fully saturated rings. The third kappa shape index (κ3) is 4.04. The molecule has 0 saturated carbocycles. The summed E-state index contributed by atoms with van der Waals surface area (Å²) in [4.78, 5) is 19.5. The summed E-state index contributed by atoms with van der Waals surface area (Å²) in [6, 6.07) is 16.2. The standard InChI is InChI=1S/C23H26N2O2S/c1-16(2)18-9-3-5-11-20(18)27-15-22(26)25-13-7-8-17(14-25)23-24-19-10-4-6-12-21(19)28-23/h3-6,9-12,16-17H,7-8,13-15H2,1-2H3. The Morgan fingerprint density at radius 2 is 2.00 bits per heavy atom. The molecule has 1 aliphatic heterocycles. The lowest BCUT2D eigenvalue weighted by atomic mass is 9.98. The Morgan fingerprint density at radius 3 is 2.82 bits per heavy atom. The first kappa shape index (κ1) is 18.9. The monoisotopic (exact) mass is 394 g/mol. The van der Waals surface area contributed by atoms with Crippen molar-refractivity contribution in [1.29, 1.82) is 0 Å². The fourth-order valence-electron chi connectivity index (χ4n) is 3.79. The predicted molar refractivity (Wildman–Crippen MR) is 114 cm³/mol. The number of carbonyl (C=O) groups excluding carboxylic acids is 1. The van der Waals surface area contributed by atoms with Crippen LogP contribution in [0.4, 0.5) is 0 Å². The van der Waals surface area contributed by atoms with Gasteiger partial charge >= 0.3 is 0 Å². The van der Waals surface area contributed by atoms with Crippen molar-refractivity contribution in [2.24, 2.45) is 0 Å². The van der Waals surface area contributed by atoms with Gasteiger partial charge in [0.15, 0.2) is 6.61 Å². The number of piperidine rings is 1. The van der Waals surface area contributed by atoms with Gasteiger partial charge in [0.25, 0.3) is 5.91 Å². The molecule has 1 amide bonds. The zero-order valence-electron chi connectivity index (χ0n) is 16.4. The number of benzene rings is 2. The number of hydrogen-bond donors (Lipinski definition) is 0. The van der Waals surface area contributed by atoms with E-state index in [4.69, 9.17) is 9.72 Å². The minimum Gasteiger partial charge on any atom is -0.483 e. The largest absolute Gasteiger partial charge is 0.483 e. The molecule has 1 atom stereocenters. The van der Waals surface area contributed by atoms with E-state index in [1.165, 1.54) is 4.70 Å². The van der Waals surface area contributed by atoms with Crippen LogP contribution in [0, 0.1) is 0 Å². The Labute approximate surface area is 170 Å². The fourth-order valence-corrected chi connectivity index (χ4v) is 4.88. The van der Waals surface area contributed by atoms with E-state index >= 15 is 0 Å². The number of aromatic nitrogens is 1. The molecular formula is C23H26N2O2S. The molecule has 0 aliphatic carbocycles. The summed E-state index contributed by atoms with van der Waals surface area (Å²) >= 11 is 1.75. The maximum absolute atomic E-state index is 12.8. The van der Waals surface area contributed by atoms with Gasteiger partial charge in [-0.05, 0) is 42.5 Å². The van der Waals surface area contributed by atoms with E-state index in [0.29, 0.717) is 11.8 Å². The van der Waals surface area contributed by atoms with Crippen LogP contribution < -0.4 is 4.74 Å². The van der Waals surface area contributed by atoms with Crippen LogP contribution in [-0.4, -0.2) is 35.5 Å². The summed E-state index contributed by atoms with van der Waals surface area (Å²) in [6.07, 6.45) is 2.09. The van der Waals surface area contributed by atoms with Crippen molar-refractivity contribution in [3.8, 4) is 5.75 Å². The minimum absolute atomic E-state index is 0.0596. The van der Waals surface area contributed by atoms with E-state index in [0.717, 1.165) is 47.8 Å². The van der Waals surface area contributed by atoms with Crippen molar-refractivity contribution in [3.05, 3.63) is 59.1 Å². The molecule has 0 spiro atoms. The Hall–Kier alpha value is -2.40. The number of thiazole rings is 1. The average Bonchev–Trinajstić information content (AvgIpc) is 3.16. The Bertz CT molecular complexity index is 933. The van der Waals surface area contributed by atoms with Crippen LogP contribution in [0.2, 0.25) is 0 Å². The summed E-state index contributed by atoms with van der Waals surface area (Å²) in [5, 5.41) is 1.14. The van der Waals surface area contributed by atoms with Gasteiger partial charge in [0, 0.05) is 19.0 Å². The zero-order chi connectivity index (χ0) is 19.5. The van der Waals surface area contributed by atoms with Crippen LogP contribution in [0.1, 0.15) is 49.1 Å². The normalized spacial score (nSPS) is 17.2. The first-order chi connectivity index (χ1) is 13.6. The third-order valence-corrected chi connectivity index (χ3v) is 6.52. The van der Waals surface area contributed by atoms with Crippen LogP contribution in [0.3, 0.4) is 0 Å². The van der Waals surface area contributed by atoms with E-state index in [9.17, 15) is 4.79 Å². The zero-order valence-corrected chi connectivity index (χ0v) is 17.2. The highest BCUT2D eigenvalue weighted by molar-refractivity contribution is 7.18. The molecule has 1 aromatic heterocycles. The SMILES string of the molecule is CC(C)c1ccccc1OCC(=O)N1CCCC(c2nc3ccccc3s2)C1. The van der Waals surface area contributed by atoms with Gasteiger partial charge in [-0.1, -0.05) is 44.2 Å². The number of fused-ring (bicyclic) bond motifs is 1. The maximum Gasteiger partial charge on any atom is 0.260 e. The Morgan fingerprint density at radius 1 is 1.21 bits per heavy atom. The molecule has 2 heterocycles. The number of nitrogens with zero attached hydrogens (tertiary/aromatic N) is 2. The van der Waals surface area contributed by atoms with E-state index < -0.39 is 0 Å². The molecule has 146 valence electrons. The summed E-state index contributed by atoms with van der Waals surface area (Å²) in [5.74, 6) is 1.55. The van der Waals surface area contributed by atoms with Crippen LogP contribution >= 0.6 is 11.3 Å². The highest BCUT2D eigenvalue weighted by atomic mass is 32.1. The number of amides is 1. The number of carbonyl (C=O) groups is 1. The summed E-state index contributed by atoms with van der Waals surface area (Å²) in [6.45, 7) is 5.90. The summed E-state index contributed by atoms with van der Waals surface area (Å²) in [5.41, 5.74) is 2.20. The van der Waals surface area contributed by atoms with Gasteiger partial charge in [-0.3, -0.25) is 4.79 Å². The van der Waals surface area contributed by atoms with Crippen molar-refractivity contribution in [2.45, 2.75) is 38.5 Å². The number of ether oxygens (including phenoxy) is 1. The number of para-hydroxylation sites is 2. The summed E-state index contributed by atoms with van der Waals surface area (Å²) < 4.78 is 7.12. The molecule has 4 nitrogen and oxygen atoms in total. The lowest BCUT2D eigenvalue weighted by Crippen LogP contribution is -2.41. The quantitative estimate of drug-likeness (QED) is 0.597. The Kier molecular flexibility index (Phi) is 5.62. The van der Waals surface area contributed by atoms with Crippen molar-refractivity contribution < 1.29 is 9.53 Å². The molecule has 3 aromatic rings. The molecule has 0 N–H and O–H groups in total. The second kappa shape index (κ2) is 8.31. The molecule has 2 aromatic carbocycles. The van der Waals surface area contributed by atoms with E-state index in [-0.39, 0.29) is 12.5 Å². The third-order valence-electron chi connectivity index (χ3n) is 5.33. The molecule has 4 rings (SSSR count). The number of rotatable bonds is 5. The van der Waals surface area contributed by atoms with Gasteiger partial charge in [0.2, 0.25) is 0 Å². The second-order valence-electron chi connectivity index (χ2n) is 7.68. The van der Waals surface area contributed by atoms with Crippen LogP contribution in [-0.2, 0) is 4.79 Å². The van der Waals surface area contributed by atoms with Crippen LogP contribution in [0.5, 0.6) is 5.75 Å². The topological polar surface area (TPSA) is 42.4 Å². The molecule has 0 radical (unpaired) electrons. The van der Waals surface area contributed by atoms with Gasteiger partial charge in [-0.25, -0.2) is 4.98 Å². The maximum atomic E-state index is 12.8. The highest BCUT2D eigenvalue weighted by Gasteiger charge is 2.27. The molecular weight excluding hydrogens is 368 g/mol. The second-order valence-corrected chi connectivity index (χ2v) is 8.74. The first-order valence-corrected chi connectivity index (χ1v) is 10.8. The van der Waals surface area contributed by atoms with Crippen molar-refractivity contribution in [2.75, 3.05) is 19.7 Å². The van der Waals surface area contributed by atoms with Gasteiger partial charge in [-0.15, -0.1) is 11.3 Å². The molecule has 5 heteroatoms. The number of hydrogen-bond acceptors (Lipinski definition) is 4. The Balaban J connectivity index is 1.41. The fraction of sp³-hybridized carbons (Fsp3) is 0.391. The first-order valence-electron chi connectivity index (χ1n) is 9.97.